The molecule has 0 amide bonds. The van der Waals surface area contributed by atoms with E-state index < -0.39 is 38.1 Å². The molecule has 0 bridgehead atoms. The van der Waals surface area contributed by atoms with Gasteiger partial charge in [0.15, 0.2) is 14.6 Å². The number of ether oxygens (including phenoxy) is 1. The van der Waals surface area contributed by atoms with Crippen LogP contribution in [0.15, 0.2) is 91.0 Å². The molecule has 0 saturated carbocycles. The maximum absolute atomic E-state index is 13.8. The van der Waals surface area contributed by atoms with Gasteiger partial charge in [-0.25, -0.2) is 4.79 Å². The van der Waals surface area contributed by atoms with Gasteiger partial charge in [-0.2, -0.15) is 5.06 Å². The first kappa shape index (κ1) is 26.8. The Labute approximate surface area is 211 Å². The van der Waals surface area contributed by atoms with Crippen molar-refractivity contribution in [1.82, 2.24) is 5.06 Å². The molecule has 0 aliphatic heterocycles. The van der Waals surface area contributed by atoms with Gasteiger partial charge in [0.05, 0.1) is 13.7 Å². The van der Waals surface area contributed by atoms with Gasteiger partial charge >= 0.3 is 5.97 Å². The molecule has 0 unspecified atom stereocenters. The van der Waals surface area contributed by atoms with Crippen LogP contribution < -0.4 is 0 Å². The molecular formula is C29H37NO4Si. The van der Waals surface area contributed by atoms with Gasteiger partial charge in [0.25, 0.3) is 0 Å². The summed E-state index contributed by atoms with van der Waals surface area (Å²) >= 11 is 0. The Hall–Kier alpha value is -2.77. The first-order valence-electron chi connectivity index (χ1n) is 12.0. The summed E-state index contributed by atoms with van der Waals surface area (Å²) in [7, 11) is -0.470. The molecule has 5 nitrogen and oxygen atoms in total. The molecule has 1 N–H and O–H groups in total. The highest BCUT2D eigenvalue weighted by atomic mass is 28.3. The highest BCUT2D eigenvalue weighted by Gasteiger charge is 2.62. The van der Waals surface area contributed by atoms with E-state index in [1.54, 1.807) is 5.06 Å². The third kappa shape index (κ3) is 4.71. The van der Waals surface area contributed by atoms with E-state index >= 15 is 0 Å². The number of hydrogen-bond donors (Lipinski definition) is 1. The van der Waals surface area contributed by atoms with Crippen LogP contribution in [0.5, 0.6) is 0 Å². The Morgan fingerprint density at radius 1 is 0.800 bits per heavy atom. The lowest BCUT2D eigenvalue weighted by Crippen LogP contribution is -2.71. The first-order valence-corrected chi connectivity index (χ1v) is 14.8. The zero-order valence-electron chi connectivity index (χ0n) is 21.6. The van der Waals surface area contributed by atoms with E-state index in [0.717, 1.165) is 16.7 Å². The van der Waals surface area contributed by atoms with E-state index in [2.05, 4.69) is 13.1 Å². The van der Waals surface area contributed by atoms with Crippen LogP contribution >= 0.6 is 0 Å². The van der Waals surface area contributed by atoms with Crippen molar-refractivity contribution < 1.29 is 19.2 Å². The first-order chi connectivity index (χ1) is 16.7. The molecule has 0 saturated heterocycles. The zero-order valence-corrected chi connectivity index (χ0v) is 22.7. The molecule has 1 atom stereocenters. The van der Waals surface area contributed by atoms with Gasteiger partial charge in [-0.1, -0.05) is 112 Å². The van der Waals surface area contributed by atoms with Gasteiger partial charge in [-0.05, 0) is 35.2 Å². The van der Waals surface area contributed by atoms with Crippen LogP contribution in [0.2, 0.25) is 13.1 Å². The van der Waals surface area contributed by atoms with Crippen molar-refractivity contribution in [3.05, 3.63) is 108 Å². The minimum Gasteiger partial charge on any atom is -0.467 e. The van der Waals surface area contributed by atoms with Gasteiger partial charge in [-0.15, -0.1) is 0 Å². The summed E-state index contributed by atoms with van der Waals surface area (Å²) in [6.45, 7) is 9.43. The van der Waals surface area contributed by atoms with E-state index in [9.17, 15) is 9.90 Å². The van der Waals surface area contributed by atoms with Gasteiger partial charge < -0.3 is 14.4 Å². The molecular weight excluding hydrogens is 454 g/mol. The minimum atomic E-state index is -1.83. The van der Waals surface area contributed by atoms with Crippen LogP contribution in [0.25, 0.3) is 0 Å². The van der Waals surface area contributed by atoms with E-state index in [0.29, 0.717) is 0 Å². The van der Waals surface area contributed by atoms with E-state index in [4.69, 9.17) is 9.26 Å². The monoisotopic (exact) mass is 491 g/mol. The highest BCUT2D eigenvalue weighted by molar-refractivity contribution is 6.48. The molecule has 0 aliphatic carbocycles. The van der Waals surface area contributed by atoms with Gasteiger partial charge in [0, 0.05) is 0 Å². The fourth-order valence-electron chi connectivity index (χ4n) is 4.78. The van der Waals surface area contributed by atoms with Gasteiger partial charge in [0.1, 0.15) is 5.54 Å². The van der Waals surface area contributed by atoms with Crippen molar-refractivity contribution in [3.63, 3.8) is 0 Å². The molecule has 6 heteroatoms. The number of esters is 1. The fourth-order valence-corrected chi connectivity index (χ4v) is 5.54. The summed E-state index contributed by atoms with van der Waals surface area (Å²) in [5.41, 5.74) is -0.609. The largest absolute Gasteiger partial charge is 0.467 e. The average molecular weight is 492 g/mol. The van der Waals surface area contributed by atoms with E-state index in [1.165, 1.54) is 7.11 Å². The van der Waals surface area contributed by atoms with Crippen molar-refractivity contribution in [2.75, 3.05) is 13.7 Å². The summed E-state index contributed by atoms with van der Waals surface area (Å²) in [5, 5.41) is 12.9. The number of nitrogens with zero attached hydrogens (tertiary/aromatic N) is 1. The molecule has 3 rings (SSSR count). The summed E-state index contributed by atoms with van der Waals surface area (Å²) < 4.78 is 12.2. The maximum atomic E-state index is 13.8. The predicted octanol–water partition coefficient (Wildman–Crippen LogP) is 5.15. The normalized spacial score (nSPS) is 14.1. The quantitative estimate of drug-likeness (QED) is 0.194. The van der Waals surface area contributed by atoms with Crippen molar-refractivity contribution in [2.24, 2.45) is 5.41 Å². The lowest BCUT2D eigenvalue weighted by Gasteiger charge is -2.56. The minimum absolute atomic E-state index is 0.488. The molecule has 3 aromatic rings. The Balaban J connectivity index is 2.60. The van der Waals surface area contributed by atoms with Crippen molar-refractivity contribution in [3.8, 4) is 0 Å². The Bertz CT molecular complexity index is 987. The third-order valence-electron chi connectivity index (χ3n) is 6.53. The Kier molecular flexibility index (Phi) is 8.33. The Morgan fingerprint density at radius 2 is 1.17 bits per heavy atom. The number of methoxy groups -OCH3 is 1. The van der Waals surface area contributed by atoms with Crippen LogP contribution in [0.3, 0.4) is 0 Å². The topological polar surface area (TPSA) is 59.0 Å². The number of benzene rings is 3. The number of rotatable bonds is 9. The summed E-state index contributed by atoms with van der Waals surface area (Å²) in [6.07, 6.45) is 0. The number of hydrogen-bond acceptors (Lipinski definition) is 5. The van der Waals surface area contributed by atoms with Crippen LogP contribution in [0.1, 0.15) is 37.5 Å². The second-order valence-corrected chi connectivity index (χ2v) is 12.3. The number of carbonyl (C=O) groups excluding carboxylic acids is 1. The van der Waals surface area contributed by atoms with Crippen molar-refractivity contribution in [2.45, 2.75) is 44.9 Å². The predicted molar refractivity (Wildman–Crippen MR) is 142 cm³/mol. The highest BCUT2D eigenvalue weighted by Crippen LogP contribution is 2.50. The summed E-state index contributed by atoms with van der Waals surface area (Å²) in [5.74, 6) is -0.547. The molecule has 0 spiro atoms. The van der Waals surface area contributed by atoms with Gasteiger partial charge in [0.2, 0.25) is 0 Å². The molecule has 0 radical (unpaired) electrons. The summed E-state index contributed by atoms with van der Waals surface area (Å²) in [4.78, 5) is 13.8. The molecule has 0 heterocycles. The maximum Gasteiger partial charge on any atom is 0.331 e. The number of aliphatic hydroxyl groups excluding tert-OH is 1. The Morgan fingerprint density at radius 3 is 1.43 bits per heavy atom. The lowest BCUT2D eigenvalue weighted by atomic mass is 9.68. The lowest BCUT2D eigenvalue weighted by molar-refractivity contribution is -0.248. The zero-order chi connectivity index (χ0) is 25.7. The number of carbonyl (C=O) groups is 1. The second-order valence-electron chi connectivity index (χ2n) is 10.0. The average Bonchev–Trinajstić information content (AvgIpc) is 2.86. The second kappa shape index (κ2) is 10.9. The van der Waals surface area contributed by atoms with E-state index in [1.807, 2.05) is 112 Å². The fraction of sp³-hybridized carbons (Fsp3) is 0.345. The smallest absolute Gasteiger partial charge is 0.331 e. The molecule has 186 valence electrons. The van der Waals surface area contributed by atoms with Crippen LogP contribution in [0, 0.1) is 5.41 Å². The molecule has 3 aromatic carbocycles. The molecule has 0 aliphatic rings. The third-order valence-corrected chi connectivity index (χ3v) is 7.17. The molecule has 35 heavy (non-hydrogen) atoms. The van der Waals surface area contributed by atoms with Crippen molar-refractivity contribution in [1.29, 1.82) is 0 Å². The van der Waals surface area contributed by atoms with Crippen molar-refractivity contribution >= 4 is 15.0 Å². The molecule has 0 aromatic heterocycles. The van der Waals surface area contributed by atoms with E-state index in [-0.39, 0.29) is 0 Å². The SMILES string of the molecule is COC(=O)[C@](CO)(N(O[SiH](C)C)C(c1ccccc1)(c1ccccc1)c1ccccc1)C(C)(C)C. The number of hydroxylamine groups is 2. The molecule has 0 fully saturated rings. The number of aliphatic hydroxyl groups is 1. The van der Waals surface area contributed by atoms with Crippen LogP contribution in [-0.4, -0.2) is 44.4 Å². The van der Waals surface area contributed by atoms with Gasteiger partial charge in [-0.3, -0.25) is 0 Å². The summed E-state index contributed by atoms with van der Waals surface area (Å²) in [6, 6.07) is 30.1. The standard InChI is InChI=1S/C29H37NO4Si/c1-27(2,3)28(22-31,26(32)33-4)30(34-35(5)6)29(23-16-10-7-11-17-23,24-18-12-8-13-19-24)25-20-14-9-15-21-25/h7-21,31,35H,22H2,1-6H3/t28-/m0/s1. The van der Waals surface area contributed by atoms with Crippen LogP contribution in [-0.2, 0) is 19.6 Å². The van der Waals surface area contributed by atoms with Crippen LogP contribution in [0.4, 0.5) is 0 Å².